The summed E-state index contributed by atoms with van der Waals surface area (Å²) in [4.78, 5) is 0. The van der Waals surface area contributed by atoms with E-state index in [9.17, 15) is 5.11 Å². The molecule has 0 aliphatic carbocycles. The van der Waals surface area contributed by atoms with E-state index in [-0.39, 0.29) is 6.61 Å². The summed E-state index contributed by atoms with van der Waals surface area (Å²) in [6, 6.07) is 22.7. The molecule has 0 aliphatic rings. The molecule has 3 rings (SSSR count). The van der Waals surface area contributed by atoms with Crippen LogP contribution in [-0.4, -0.2) is 5.11 Å². The maximum absolute atomic E-state index is 9.54. The highest BCUT2D eigenvalue weighted by Gasteiger charge is 2.22. The summed E-state index contributed by atoms with van der Waals surface area (Å²) in [6.45, 7) is 3.82. The molecule has 0 aromatic heterocycles. The van der Waals surface area contributed by atoms with Gasteiger partial charge >= 0.3 is 8.60 Å². The topological polar surface area (TPSA) is 47.9 Å². The summed E-state index contributed by atoms with van der Waals surface area (Å²) >= 11 is 0. The van der Waals surface area contributed by atoms with Gasteiger partial charge in [0.1, 0.15) is 17.2 Å². The molecule has 0 bridgehead atoms. The van der Waals surface area contributed by atoms with Crippen LogP contribution in [0, 0.1) is 13.8 Å². The Labute approximate surface area is 155 Å². The van der Waals surface area contributed by atoms with E-state index in [1.165, 1.54) is 0 Å². The molecule has 0 atom stereocenters. The lowest BCUT2D eigenvalue weighted by Crippen LogP contribution is -2.05. The third-order valence-corrected chi connectivity index (χ3v) is 4.89. The zero-order chi connectivity index (χ0) is 18.4. The highest BCUT2D eigenvalue weighted by molar-refractivity contribution is 7.43. The lowest BCUT2D eigenvalue weighted by atomic mass is 10.2. The molecule has 3 aromatic rings. The van der Waals surface area contributed by atoms with Crippen molar-refractivity contribution in [2.45, 2.75) is 20.5 Å². The van der Waals surface area contributed by atoms with Crippen molar-refractivity contribution >= 4 is 8.60 Å². The normalized spacial score (nSPS) is 10.6. The molecule has 0 spiro atoms. The fourth-order valence-corrected chi connectivity index (χ4v) is 3.52. The van der Waals surface area contributed by atoms with E-state index >= 15 is 0 Å². The summed E-state index contributed by atoms with van der Waals surface area (Å²) in [5.41, 5.74) is 2.67. The molecular formula is C21H21O4P. The molecule has 134 valence electrons. The largest absolute Gasteiger partial charge is 0.530 e. The van der Waals surface area contributed by atoms with Crippen LogP contribution in [0.3, 0.4) is 0 Å². The van der Waals surface area contributed by atoms with Crippen molar-refractivity contribution < 1.29 is 18.7 Å². The standard InChI is InChI=1S/C21H21O4P/c1-16-9-3-6-12-19(16)23-26(24-20-13-7-4-10-17(20)2)25-21-14-8-5-11-18(21)15-22/h3-14,22H,15H2,1-2H3. The van der Waals surface area contributed by atoms with Crippen LogP contribution >= 0.6 is 8.60 Å². The van der Waals surface area contributed by atoms with Crippen LogP contribution in [0.25, 0.3) is 0 Å². The third-order valence-electron chi connectivity index (χ3n) is 3.85. The molecule has 0 unspecified atom stereocenters. The van der Waals surface area contributed by atoms with Gasteiger partial charge in [-0.1, -0.05) is 54.6 Å². The van der Waals surface area contributed by atoms with Gasteiger partial charge in [-0.25, -0.2) is 0 Å². The minimum Gasteiger partial charge on any atom is -0.408 e. The van der Waals surface area contributed by atoms with E-state index in [0.29, 0.717) is 22.8 Å². The van der Waals surface area contributed by atoms with Crippen molar-refractivity contribution in [3.05, 3.63) is 89.5 Å². The van der Waals surface area contributed by atoms with Gasteiger partial charge < -0.3 is 18.7 Å². The molecule has 5 heteroatoms. The number of hydrogen-bond donors (Lipinski definition) is 1. The third kappa shape index (κ3) is 4.54. The first-order valence-corrected chi connectivity index (χ1v) is 9.41. The Morgan fingerprint density at radius 1 is 0.654 bits per heavy atom. The van der Waals surface area contributed by atoms with Crippen molar-refractivity contribution in [3.8, 4) is 17.2 Å². The SMILES string of the molecule is Cc1ccccc1OP(Oc1ccccc1C)Oc1ccccc1CO. The number of rotatable bonds is 7. The smallest absolute Gasteiger partial charge is 0.408 e. The monoisotopic (exact) mass is 368 g/mol. The Balaban J connectivity index is 1.88. The Kier molecular flexibility index (Phi) is 6.11. The zero-order valence-electron chi connectivity index (χ0n) is 14.8. The maximum Gasteiger partial charge on any atom is 0.530 e. The molecule has 0 aliphatic heterocycles. The molecule has 0 fully saturated rings. The summed E-state index contributed by atoms with van der Waals surface area (Å²) in [5.74, 6) is 1.95. The summed E-state index contributed by atoms with van der Waals surface area (Å²) in [6.07, 6.45) is 0. The Morgan fingerprint density at radius 3 is 1.58 bits per heavy atom. The van der Waals surface area contributed by atoms with Crippen LogP contribution in [-0.2, 0) is 6.61 Å². The molecule has 1 N–H and O–H groups in total. The minimum absolute atomic E-state index is 0.117. The molecule has 3 aromatic carbocycles. The van der Waals surface area contributed by atoms with Gasteiger partial charge in [0.25, 0.3) is 0 Å². The van der Waals surface area contributed by atoms with Gasteiger partial charge in [-0.3, -0.25) is 0 Å². The fraction of sp³-hybridized carbons (Fsp3) is 0.143. The van der Waals surface area contributed by atoms with Gasteiger partial charge in [-0.2, -0.15) is 0 Å². The Morgan fingerprint density at radius 2 is 1.08 bits per heavy atom. The van der Waals surface area contributed by atoms with E-state index < -0.39 is 8.60 Å². The van der Waals surface area contributed by atoms with Crippen LogP contribution in [0.5, 0.6) is 17.2 Å². The van der Waals surface area contributed by atoms with Crippen molar-refractivity contribution in [2.75, 3.05) is 0 Å². The molecule has 0 heterocycles. The van der Waals surface area contributed by atoms with Crippen LogP contribution in [0.15, 0.2) is 72.8 Å². The van der Waals surface area contributed by atoms with Crippen LogP contribution in [0.2, 0.25) is 0 Å². The number of aliphatic hydroxyl groups excluding tert-OH is 1. The molecule has 0 saturated heterocycles. The summed E-state index contributed by atoms with van der Waals surface area (Å²) < 4.78 is 18.1. The zero-order valence-corrected chi connectivity index (χ0v) is 15.6. The summed E-state index contributed by atoms with van der Waals surface area (Å²) in [5, 5.41) is 9.54. The number of aliphatic hydroxyl groups is 1. The van der Waals surface area contributed by atoms with E-state index in [2.05, 4.69) is 0 Å². The lowest BCUT2D eigenvalue weighted by molar-refractivity contribution is 0.277. The first-order chi connectivity index (χ1) is 12.7. The van der Waals surface area contributed by atoms with Gasteiger partial charge in [0, 0.05) is 5.56 Å². The Hall–Kier alpha value is -2.55. The van der Waals surface area contributed by atoms with Crippen LogP contribution < -0.4 is 13.6 Å². The number of benzene rings is 3. The van der Waals surface area contributed by atoms with Gasteiger partial charge in [-0.05, 0) is 43.2 Å². The lowest BCUT2D eigenvalue weighted by Gasteiger charge is -2.20. The second-order valence-corrected chi connectivity index (χ2v) is 6.79. The van der Waals surface area contributed by atoms with Gasteiger partial charge in [0.2, 0.25) is 0 Å². The molecule has 26 heavy (non-hydrogen) atoms. The molecular weight excluding hydrogens is 347 g/mol. The van der Waals surface area contributed by atoms with Crippen molar-refractivity contribution in [1.29, 1.82) is 0 Å². The molecule has 4 nitrogen and oxygen atoms in total. The predicted molar refractivity (Wildman–Crippen MR) is 104 cm³/mol. The van der Waals surface area contributed by atoms with E-state index in [1.807, 2.05) is 80.6 Å². The number of aryl methyl sites for hydroxylation is 2. The van der Waals surface area contributed by atoms with Gasteiger partial charge in [0.05, 0.1) is 6.61 Å². The molecule has 0 amide bonds. The minimum atomic E-state index is -1.75. The van der Waals surface area contributed by atoms with Crippen molar-refractivity contribution in [1.82, 2.24) is 0 Å². The van der Waals surface area contributed by atoms with E-state index in [1.54, 1.807) is 6.07 Å². The van der Waals surface area contributed by atoms with E-state index in [4.69, 9.17) is 13.6 Å². The second-order valence-electron chi connectivity index (χ2n) is 5.79. The van der Waals surface area contributed by atoms with E-state index in [0.717, 1.165) is 11.1 Å². The van der Waals surface area contributed by atoms with Crippen molar-refractivity contribution in [2.24, 2.45) is 0 Å². The average molecular weight is 368 g/mol. The van der Waals surface area contributed by atoms with Crippen LogP contribution in [0.1, 0.15) is 16.7 Å². The second kappa shape index (κ2) is 8.70. The highest BCUT2D eigenvalue weighted by Crippen LogP contribution is 2.44. The predicted octanol–water partition coefficient (Wildman–Crippen LogP) is 5.56. The number of para-hydroxylation sites is 3. The van der Waals surface area contributed by atoms with Gasteiger partial charge in [-0.15, -0.1) is 0 Å². The molecule has 0 saturated carbocycles. The number of hydrogen-bond acceptors (Lipinski definition) is 4. The fourth-order valence-electron chi connectivity index (χ4n) is 2.34. The summed E-state index contributed by atoms with van der Waals surface area (Å²) in [7, 11) is -1.75. The molecule has 0 radical (unpaired) electrons. The average Bonchev–Trinajstić information content (AvgIpc) is 2.66. The Bertz CT molecular complexity index is 818. The first kappa shape index (κ1) is 18.2. The quantitative estimate of drug-likeness (QED) is 0.555. The maximum atomic E-state index is 9.54. The van der Waals surface area contributed by atoms with Crippen LogP contribution in [0.4, 0.5) is 0 Å². The van der Waals surface area contributed by atoms with Gasteiger partial charge in [0.15, 0.2) is 0 Å². The van der Waals surface area contributed by atoms with Crippen molar-refractivity contribution in [3.63, 3.8) is 0 Å². The highest BCUT2D eigenvalue weighted by atomic mass is 31.2. The first-order valence-electron chi connectivity index (χ1n) is 8.31.